The van der Waals surface area contributed by atoms with E-state index in [1.165, 1.54) is 11.9 Å². The molecule has 5 aromatic rings. The number of methoxy groups -OCH3 is 1. The molecule has 5 N–H and O–H groups in total. The molecule has 0 saturated heterocycles. The predicted octanol–water partition coefficient (Wildman–Crippen LogP) is 9.42. The summed E-state index contributed by atoms with van der Waals surface area (Å²) >= 11 is 1.45. The van der Waals surface area contributed by atoms with Gasteiger partial charge >= 0.3 is 6.03 Å². The molecule has 0 unspecified atom stereocenters. The van der Waals surface area contributed by atoms with Gasteiger partial charge in [-0.05, 0) is 59.9 Å². The van der Waals surface area contributed by atoms with Crippen LogP contribution in [0.3, 0.4) is 0 Å². The Morgan fingerprint density at radius 2 is 1.62 bits per heavy atom. The third-order valence-corrected chi connectivity index (χ3v) is 7.62. The van der Waals surface area contributed by atoms with Crippen molar-refractivity contribution in [3.05, 3.63) is 96.2 Å². The van der Waals surface area contributed by atoms with Gasteiger partial charge in [-0.2, -0.15) is 0 Å². The molecule has 10 heteroatoms. The minimum absolute atomic E-state index is 0.144. The molecule has 232 valence electrons. The van der Waals surface area contributed by atoms with E-state index in [2.05, 4.69) is 46.4 Å². The maximum Gasteiger partial charge on any atom is 0.323 e. The van der Waals surface area contributed by atoms with Crippen molar-refractivity contribution in [3.8, 4) is 23.0 Å². The summed E-state index contributed by atoms with van der Waals surface area (Å²) in [7, 11) is 1.59. The van der Waals surface area contributed by atoms with Crippen molar-refractivity contribution in [2.24, 2.45) is 0 Å². The number of fused-ring (bicyclic) bond motifs is 1. The fourth-order valence-corrected chi connectivity index (χ4v) is 5.18. The number of urea groups is 1. The van der Waals surface area contributed by atoms with E-state index in [4.69, 9.17) is 9.47 Å². The third-order valence-electron chi connectivity index (χ3n) is 7.19. The monoisotopic (exact) mass is 623 g/mol. The molecule has 0 radical (unpaired) electrons. The van der Waals surface area contributed by atoms with Crippen LogP contribution in [0.1, 0.15) is 31.9 Å². The van der Waals surface area contributed by atoms with Crippen molar-refractivity contribution in [1.82, 2.24) is 4.98 Å². The highest BCUT2D eigenvalue weighted by atomic mass is 32.2. The van der Waals surface area contributed by atoms with Gasteiger partial charge in [0.15, 0.2) is 5.75 Å². The highest BCUT2D eigenvalue weighted by Crippen LogP contribution is 2.40. The number of anilines is 5. The highest BCUT2D eigenvalue weighted by molar-refractivity contribution is 7.99. The normalized spacial score (nSPS) is 11.2. The molecule has 0 fully saturated rings. The fourth-order valence-electron chi connectivity index (χ4n) is 4.81. The van der Waals surface area contributed by atoms with E-state index >= 15 is 0 Å². The Bertz CT molecular complexity index is 1850. The molecule has 1 heterocycles. The topological polar surface area (TPSA) is 117 Å². The van der Waals surface area contributed by atoms with Crippen LogP contribution in [0.2, 0.25) is 0 Å². The Morgan fingerprint density at radius 1 is 0.889 bits per heavy atom. The summed E-state index contributed by atoms with van der Waals surface area (Å²) in [6, 6.07) is 23.8. The quantitative estimate of drug-likeness (QED) is 0.103. The number of aromatic nitrogens is 1. The Morgan fingerprint density at radius 3 is 2.33 bits per heavy atom. The minimum atomic E-state index is -0.403. The molecule has 2 amide bonds. The van der Waals surface area contributed by atoms with Crippen LogP contribution in [0, 0.1) is 6.92 Å². The number of phenolic OH excluding ortho intramolecular Hbond substituents is 1. The number of amides is 2. The summed E-state index contributed by atoms with van der Waals surface area (Å²) in [5.74, 6) is 2.52. The van der Waals surface area contributed by atoms with Gasteiger partial charge in [0.25, 0.3) is 0 Å². The first-order chi connectivity index (χ1) is 21.5. The molecule has 0 spiro atoms. The number of ether oxygens (including phenoxy) is 2. The number of hydrogen-bond donors (Lipinski definition) is 5. The zero-order valence-corrected chi connectivity index (χ0v) is 26.9. The average molecular weight is 624 g/mol. The zero-order chi connectivity index (χ0) is 32.1. The molecule has 9 nitrogen and oxygen atoms in total. The number of hydrogen-bond acceptors (Lipinski definition) is 8. The molecular weight excluding hydrogens is 586 g/mol. The molecule has 0 bridgehead atoms. The second-order valence-electron chi connectivity index (χ2n) is 11.5. The Kier molecular flexibility index (Phi) is 9.24. The molecule has 0 aliphatic rings. The number of benzene rings is 4. The van der Waals surface area contributed by atoms with Gasteiger partial charge in [-0.1, -0.05) is 63.1 Å². The van der Waals surface area contributed by atoms with Crippen LogP contribution in [-0.4, -0.2) is 29.5 Å². The SMILES string of the molecule is COc1c(NSC)cc(C(C)(C)C)cc1NC(=O)Nc1ccc(Oc2ccnc(Nc3ccc(C)c(O)c3)c2)c2ccccc12. The summed E-state index contributed by atoms with van der Waals surface area (Å²) in [6.07, 6.45) is 3.58. The van der Waals surface area contributed by atoms with Crippen LogP contribution in [0.15, 0.2) is 85.1 Å². The van der Waals surface area contributed by atoms with Gasteiger partial charge in [0.1, 0.15) is 23.1 Å². The average Bonchev–Trinajstić information content (AvgIpc) is 3.00. The van der Waals surface area contributed by atoms with Gasteiger partial charge in [-0.15, -0.1) is 0 Å². The second kappa shape index (κ2) is 13.3. The van der Waals surface area contributed by atoms with E-state index in [1.54, 1.807) is 31.5 Å². The fraction of sp³-hybridized carbons (Fsp3) is 0.200. The molecule has 0 saturated carbocycles. The standard InChI is InChI=1S/C35H37N5O4S/c1-21-11-12-23(19-30(21)41)37-32-20-24(15-16-36-32)44-31-14-13-27(25-9-7-8-10-26(25)31)38-34(42)39-28-17-22(35(2,3)4)18-29(40-45-6)33(28)43-5/h7-20,40-41H,1-6H3,(H,36,37)(H2,38,39,42). The van der Waals surface area contributed by atoms with Crippen LogP contribution in [0.4, 0.5) is 33.4 Å². The molecule has 45 heavy (non-hydrogen) atoms. The van der Waals surface area contributed by atoms with Gasteiger partial charge in [-0.3, -0.25) is 0 Å². The summed E-state index contributed by atoms with van der Waals surface area (Å²) in [5, 5.41) is 20.9. The van der Waals surface area contributed by atoms with E-state index in [9.17, 15) is 9.90 Å². The lowest BCUT2D eigenvalue weighted by Crippen LogP contribution is -2.21. The number of phenols is 1. The number of pyridine rings is 1. The van der Waals surface area contributed by atoms with Gasteiger partial charge in [-0.25, -0.2) is 9.78 Å². The van der Waals surface area contributed by atoms with Gasteiger partial charge < -0.3 is 35.3 Å². The summed E-state index contributed by atoms with van der Waals surface area (Å²) in [5.41, 5.74) is 4.38. The van der Waals surface area contributed by atoms with Crippen molar-refractivity contribution in [1.29, 1.82) is 0 Å². The van der Waals surface area contributed by atoms with Crippen molar-refractivity contribution in [2.45, 2.75) is 33.1 Å². The molecule has 5 rings (SSSR count). The molecule has 0 atom stereocenters. The van der Waals surface area contributed by atoms with E-state index in [-0.39, 0.29) is 11.2 Å². The second-order valence-corrected chi connectivity index (χ2v) is 12.1. The van der Waals surface area contributed by atoms with Crippen LogP contribution in [0.25, 0.3) is 10.8 Å². The zero-order valence-electron chi connectivity index (χ0n) is 26.1. The van der Waals surface area contributed by atoms with Crippen LogP contribution in [0.5, 0.6) is 23.0 Å². The maximum absolute atomic E-state index is 13.4. The first-order valence-electron chi connectivity index (χ1n) is 14.4. The van der Waals surface area contributed by atoms with E-state index in [0.29, 0.717) is 40.1 Å². The number of rotatable bonds is 9. The Balaban J connectivity index is 1.38. The Labute approximate surface area is 267 Å². The maximum atomic E-state index is 13.4. The van der Waals surface area contributed by atoms with Crippen LogP contribution >= 0.6 is 11.9 Å². The van der Waals surface area contributed by atoms with Gasteiger partial charge in [0.2, 0.25) is 0 Å². The first kappa shape index (κ1) is 31.3. The Hall–Kier alpha value is -5.09. The predicted molar refractivity (Wildman–Crippen MR) is 186 cm³/mol. The molecular formula is C35H37N5O4S. The highest BCUT2D eigenvalue weighted by Gasteiger charge is 2.21. The molecule has 0 aliphatic carbocycles. The number of nitrogens with zero attached hydrogens (tertiary/aromatic N) is 1. The summed E-state index contributed by atoms with van der Waals surface area (Å²) in [6.45, 7) is 8.20. The number of carbonyl (C=O) groups excluding carboxylic acids is 1. The summed E-state index contributed by atoms with van der Waals surface area (Å²) in [4.78, 5) is 17.7. The van der Waals surface area contributed by atoms with E-state index < -0.39 is 6.03 Å². The van der Waals surface area contributed by atoms with Crippen molar-refractivity contribution in [2.75, 3.05) is 34.0 Å². The minimum Gasteiger partial charge on any atom is -0.508 e. The van der Waals surface area contributed by atoms with Crippen LogP contribution in [-0.2, 0) is 5.41 Å². The number of carbonyl (C=O) groups is 1. The van der Waals surface area contributed by atoms with Gasteiger partial charge in [0, 0.05) is 41.0 Å². The lowest BCUT2D eigenvalue weighted by atomic mass is 9.86. The summed E-state index contributed by atoms with van der Waals surface area (Å²) < 4.78 is 15.2. The largest absolute Gasteiger partial charge is 0.508 e. The number of nitrogens with one attached hydrogen (secondary N) is 4. The number of aryl methyl sites for hydroxylation is 1. The molecule has 1 aromatic heterocycles. The van der Waals surface area contributed by atoms with Crippen molar-refractivity contribution >= 4 is 57.3 Å². The van der Waals surface area contributed by atoms with Gasteiger partial charge in [0.05, 0.1) is 24.2 Å². The smallest absolute Gasteiger partial charge is 0.323 e. The van der Waals surface area contributed by atoms with Crippen molar-refractivity contribution < 1.29 is 19.4 Å². The molecule has 4 aromatic carbocycles. The first-order valence-corrected chi connectivity index (χ1v) is 15.6. The van der Waals surface area contributed by atoms with E-state index in [1.807, 2.05) is 73.8 Å². The lowest BCUT2D eigenvalue weighted by Gasteiger charge is -2.24. The molecule has 0 aliphatic heterocycles. The third kappa shape index (κ3) is 7.35. The lowest BCUT2D eigenvalue weighted by molar-refractivity contribution is 0.262. The van der Waals surface area contributed by atoms with Crippen molar-refractivity contribution in [3.63, 3.8) is 0 Å². The van der Waals surface area contributed by atoms with Crippen LogP contribution < -0.4 is 30.1 Å². The number of aromatic hydroxyl groups is 1. The van der Waals surface area contributed by atoms with E-state index in [0.717, 1.165) is 27.6 Å².